The number of carbonyl (C=O) groups excluding carboxylic acids is 2. The summed E-state index contributed by atoms with van der Waals surface area (Å²) < 4.78 is 0. The first-order valence-corrected chi connectivity index (χ1v) is 10.4. The van der Waals surface area contributed by atoms with E-state index in [1.165, 1.54) is 11.8 Å². The molecule has 1 unspecified atom stereocenters. The normalized spacial score (nSPS) is 21.9. The molecule has 1 aromatic rings. The van der Waals surface area contributed by atoms with E-state index in [0.29, 0.717) is 13.0 Å². The van der Waals surface area contributed by atoms with Crippen LogP contribution in [0.3, 0.4) is 0 Å². The fourth-order valence-corrected chi connectivity index (χ4v) is 4.69. The van der Waals surface area contributed by atoms with E-state index < -0.39 is 29.2 Å². The number of thioether (sulfide) groups is 1. The van der Waals surface area contributed by atoms with Crippen molar-refractivity contribution in [3.63, 3.8) is 0 Å². The number of thiazole rings is 1. The molecule has 13 heteroatoms. The smallest absolute Gasteiger partial charge is 0.353 e. The number of hydrogen-bond acceptors (Lipinski definition) is 9. The maximum atomic E-state index is 12.7. The van der Waals surface area contributed by atoms with Gasteiger partial charge in [0, 0.05) is 11.1 Å². The van der Waals surface area contributed by atoms with Gasteiger partial charge in [-0.1, -0.05) is 23.7 Å². The van der Waals surface area contributed by atoms with Gasteiger partial charge < -0.3 is 21.0 Å². The molecule has 3 rings (SSSR count). The highest BCUT2D eigenvalue weighted by molar-refractivity contribution is 8.00. The summed E-state index contributed by atoms with van der Waals surface area (Å²) in [6.07, 6.45) is 0.692. The monoisotopic (exact) mass is 445 g/mol. The zero-order chi connectivity index (χ0) is 20.4. The molecule has 2 atom stereocenters. The van der Waals surface area contributed by atoms with Gasteiger partial charge in [0.05, 0.1) is 5.03 Å². The molecule has 1 fully saturated rings. The molecule has 2 aliphatic heterocycles. The van der Waals surface area contributed by atoms with Gasteiger partial charge in [-0.3, -0.25) is 14.5 Å². The number of hydrogen-bond donors (Lipinski definition) is 3. The summed E-state index contributed by atoms with van der Waals surface area (Å²) in [6.45, 7) is 2.19. The first-order valence-electron chi connectivity index (χ1n) is 8.14. The molecule has 2 aliphatic rings. The predicted molar refractivity (Wildman–Crippen MR) is 105 cm³/mol. The van der Waals surface area contributed by atoms with Crippen LogP contribution in [0.4, 0.5) is 5.13 Å². The van der Waals surface area contributed by atoms with Crippen LogP contribution in [0.1, 0.15) is 19.0 Å². The Hall–Kier alpha value is -2.31. The Morgan fingerprint density at radius 1 is 1.57 bits per heavy atom. The van der Waals surface area contributed by atoms with Gasteiger partial charge in [-0.25, -0.2) is 9.78 Å². The van der Waals surface area contributed by atoms with Crippen molar-refractivity contribution in [2.45, 2.75) is 24.8 Å². The lowest BCUT2D eigenvalue weighted by atomic mass is 10.0. The Balaban J connectivity index is 1.77. The van der Waals surface area contributed by atoms with Crippen LogP contribution in [0.25, 0.3) is 0 Å². The number of anilines is 1. The number of nitrogens with zero attached hydrogens (tertiary/aromatic N) is 3. The van der Waals surface area contributed by atoms with Crippen LogP contribution in [0.5, 0.6) is 0 Å². The van der Waals surface area contributed by atoms with E-state index >= 15 is 0 Å². The highest BCUT2D eigenvalue weighted by Gasteiger charge is 2.54. The standard InChI is InChI=1S/C15H16ClN5O5S2/c1-2-3-26-20-8(7-5-28-15(17)18-7)11(22)19-9-12(23)21-10(14(24)25)6(16)4-27-13(9)21/h5,9,13H,2-4H2,1H3,(H2,17,18)(H,19,22)(H,24,25)/t9?,13-/m1/s1. The molecule has 150 valence electrons. The molecule has 0 aliphatic carbocycles. The third-order valence-corrected chi connectivity index (χ3v) is 6.27. The Bertz CT molecular complexity index is 886. The van der Waals surface area contributed by atoms with Crippen LogP contribution in [-0.4, -0.2) is 62.3 Å². The lowest BCUT2D eigenvalue weighted by Crippen LogP contribution is -2.71. The fourth-order valence-electron chi connectivity index (χ4n) is 2.59. The van der Waals surface area contributed by atoms with Gasteiger partial charge in [0.2, 0.25) is 0 Å². The summed E-state index contributed by atoms with van der Waals surface area (Å²) in [5.74, 6) is -2.29. The number of aliphatic carboxylic acids is 1. The number of β-lactam (4-membered cyclic amide) rings is 1. The average Bonchev–Trinajstić information content (AvgIpc) is 3.08. The zero-order valence-corrected chi connectivity index (χ0v) is 16.9. The number of nitrogens with one attached hydrogen (secondary N) is 1. The Morgan fingerprint density at radius 2 is 2.32 bits per heavy atom. The van der Waals surface area contributed by atoms with Crippen LogP contribution in [0, 0.1) is 0 Å². The lowest BCUT2D eigenvalue weighted by Gasteiger charge is -2.48. The molecule has 1 aromatic heterocycles. The summed E-state index contributed by atoms with van der Waals surface area (Å²) in [7, 11) is 0. The Kier molecular flexibility index (Phi) is 6.10. The molecule has 1 saturated heterocycles. The van der Waals surface area contributed by atoms with E-state index in [1.54, 1.807) is 5.38 Å². The lowest BCUT2D eigenvalue weighted by molar-refractivity contribution is -0.150. The molecule has 0 radical (unpaired) electrons. The summed E-state index contributed by atoms with van der Waals surface area (Å²) in [4.78, 5) is 46.8. The number of amides is 2. The second-order valence-corrected chi connectivity index (χ2v) is 8.21. The third-order valence-electron chi connectivity index (χ3n) is 3.84. The molecule has 10 nitrogen and oxygen atoms in total. The maximum Gasteiger partial charge on any atom is 0.353 e. The van der Waals surface area contributed by atoms with E-state index in [0.717, 1.165) is 16.2 Å². The fraction of sp³-hybridized carbons (Fsp3) is 0.400. The van der Waals surface area contributed by atoms with Gasteiger partial charge in [0.15, 0.2) is 10.8 Å². The number of nitrogens with two attached hydrogens (primary N) is 1. The van der Waals surface area contributed by atoms with Crippen molar-refractivity contribution in [2.75, 3.05) is 18.1 Å². The molecule has 3 heterocycles. The Labute approximate surface area is 172 Å². The molecule has 0 aromatic carbocycles. The van der Waals surface area contributed by atoms with Crippen molar-refractivity contribution < 1.29 is 24.3 Å². The van der Waals surface area contributed by atoms with Crippen LogP contribution in [0.15, 0.2) is 21.3 Å². The predicted octanol–water partition coefficient (Wildman–Crippen LogP) is 0.791. The van der Waals surface area contributed by atoms with E-state index in [1.807, 2.05) is 6.92 Å². The van der Waals surface area contributed by atoms with Gasteiger partial charge in [-0.15, -0.1) is 23.1 Å². The summed E-state index contributed by atoms with van der Waals surface area (Å²) in [5.41, 5.74) is 5.48. The molecule has 28 heavy (non-hydrogen) atoms. The second kappa shape index (κ2) is 8.37. The van der Waals surface area contributed by atoms with Gasteiger partial charge in [0.25, 0.3) is 11.8 Å². The van der Waals surface area contributed by atoms with Gasteiger partial charge >= 0.3 is 5.97 Å². The molecular weight excluding hydrogens is 430 g/mol. The highest BCUT2D eigenvalue weighted by atomic mass is 35.5. The quantitative estimate of drug-likeness (QED) is 0.241. The van der Waals surface area contributed by atoms with Crippen molar-refractivity contribution in [3.8, 4) is 0 Å². The van der Waals surface area contributed by atoms with Gasteiger partial charge in [-0.05, 0) is 6.42 Å². The minimum absolute atomic E-state index is 0.0834. The van der Waals surface area contributed by atoms with Crippen molar-refractivity contribution >= 4 is 63.3 Å². The summed E-state index contributed by atoms with van der Waals surface area (Å²) in [6, 6.07) is -0.913. The number of carboxylic acids is 1. The number of carboxylic acid groups (broad SMARTS) is 1. The van der Waals surface area contributed by atoms with E-state index in [2.05, 4.69) is 15.5 Å². The Morgan fingerprint density at radius 3 is 2.93 bits per heavy atom. The zero-order valence-electron chi connectivity index (χ0n) is 14.5. The first kappa shape index (κ1) is 20.4. The third kappa shape index (κ3) is 3.80. The first-order chi connectivity index (χ1) is 13.3. The number of halogens is 1. The second-order valence-electron chi connectivity index (χ2n) is 5.76. The van der Waals surface area contributed by atoms with E-state index in [4.69, 9.17) is 22.2 Å². The number of fused-ring (bicyclic) bond motifs is 1. The topological polar surface area (TPSA) is 147 Å². The van der Waals surface area contributed by atoms with Crippen molar-refractivity contribution in [1.29, 1.82) is 0 Å². The number of aromatic nitrogens is 1. The number of oxime groups is 1. The van der Waals surface area contributed by atoms with E-state index in [-0.39, 0.29) is 33.0 Å². The molecule has 2 amide bonds. The summed E-state index contributed by atoms with van der Waals surface area (Å²) >= 11 is 8.33. The van der Waals surface area contributed by atoms with Crippen LogP contribution in [-0.2, 0) is 19.2 Å². The molecule has 4 N–H and O–H groups in total. The highest BCUT2D eigenvalue weighted by Crippen LogP contribution is 2.41. The molecule has 0 bridgehead atoms. The number of carbonyl (C=O) groups is 3. The molecular formula is C15H16ClN5O5S2. The van der Waals surface area contributed by atoms with E-state index in [9.17, 15) is 19.5 Å². The van der Waals surface area contributed by atoms with Crippen LogP contribution in [0.2, 0.25) is 0 Å². The van der Waals surface area contributed by atoms with Crippen LogP contribution >= 0.6 is 34.7 Å². The SMILES string of the molecule is CCCON=C(C(=O)NC1C(=O)N2C(C(=O)O)=C(Cl)CS[C@H]12)c1csc(N)n1. The molecule has 0 saturated carbocycles. The van der Waals surface area contributed by atoms with Crippen LogP contribution < -0.4 is 11.1 Å². The average molecular weight is 446 g/mol. The van der Waals surface area contributed by atoms with Gasteiger partial charge in [-0.2, -0.15) is 0 Å². The van der Waals surface area contributed by atoms with Gasteiger partial charge in [0.1, 0.15) is 29.4 Å². The van der Waals surface area contributed by atoms with Crippen molar-refractivity contribution in [1.82, 2.24) is 15.2 Å². The molecule has 0 spiro atoms. The number of nitrogen functional groups attached to an aromatic ring is 1. The number of rotatable bonds is 7. The minimum atomic E-state index is -1.29. The maximum absolute atomic E-state index is 12.7. The minimum Gasteiger partial charge on any atom is -0.477 e. The van der Waals surface area contributed by atoms with Crippen molar-refractivity contribution in [3.05, 3.63) is 21.8 Å². The summed E-state index contributed by atoms with van der Waals surface area (Å²) in [5, 5.41) is 17.0. The largest absolute Gasteiger partial charge is 0.477 e. The van der Waals surface area contributed by atoms with Crippen molar-refractivity contribution in [2.24, 2.45) is 5.16 Å².